The van der Waals surface area contributed by atoms with E-state index >= 15 is 0 Å². The van der Waals surface area contributed by atoms with Gasteiger partial charge in [-0.3, -0.25) is 4.79 Å². The van der Waals surface area contributed by atoms with E-state index in [1.807, 2.05) is 90.6 Å². The van der Waals surface area contributed by atoms with Crippen molar-refractivity contribution < 1.29 is 14.3 Å². The smallest absolute Gasteiger partial charge is 0.315 e. The first kappa shape index (κ1) is 34.6. The van der Waals surface area contributed by atoms with Crippen molar-refractivity contribution in [3.05, 3.63) is 97.1 Å². The summed E-state index contributed by atoms with van der Waals surface area (Å²) in [6.07, 6.45) is 4.62. The maximum atomic E-state index is 12.5. The predicted octanol–water partition coefficient (Wildman–Crippen LogP) is 10.4. The molecule has 0 aromatic heterocycles. The Morgan fingerprint density at radius 2 is 1.42 bits per heavy atom. The van der Waals surface area contributed by atoms with Gasteiger partial charge in [0.05, 0.1) is 41.4 Å². The van der Waals surface area contributed by atoms with E-state index in [0.717, 1.165) is 87.1 Å². The Morgan fingerprint density at radius 3 is 2.19 bits per heavy atom. The van der Waals surface area contributed by atoms with Gasteiger partial charge < -0.3 is 26.0 Å². The van der Waals surface area contributed by atoms with Crippen LogP contribution >= 0.6 is 11.8 Å². The Kier molecular flexibility index (Phi) is 9.94. The molecule has 270 valence electrons. The number of benzene rings is 5. The Balaban J connectivity index is 0.865. The first-order chi connectivity index (χ1) is 25.9. The lowest BCUT2D eigenvalue weighted by atomic mass is 9.96. The van der Waals surface area contributed by atoms with Crippen LogP contribution in [0.1, 0.15) is 45.4 Å². The molecule has 2 fully saturated rings. The van der Waals surface area contributed by atoms with Gasteiger partial charge in [-0.15, -0.1) is 15.3 Å². The minimum atomic E-state index is -0.420. The fraction of sp³-hybridized carbons (Fsp3) is 0.317. The molecule has 3 aliphatic heterocycles. The van der Waals surface area contributed by atoms with Gasteiger partial charge in [-0.2, -0.15) is 16.9 Å². The summed E-state index contributed by atoms with van der Waals surface area (Å²) in [7, 11) is 0. The molecular weight excluding hydrogens is 685 g/mol. The minimum Gasteiger partial charge on any atom is -0.466 e. The molecule has 1 unspecified atom stereocenters. The molecule has 3 heterocycles. The molecule has 0 radical (unpaired) electrons. The summed E-state index contributed by atoms with van der Waals surface area (Å²) in [5.41, 5.74) is 4.71. The van der Waals surface area contributed by atoms with Crippen LogP contribution in [0, 0.1) is 0 Å². The monoisotopic (exact) mass is 726 g/mol. The Hall–Kier alpha value is -5.49. The van der Waals surface area contributed by atoms with Gasteiger partial charge in [-0.05, 0) is 75.1 Å². The van der Waals surface area contributed by atoms with Crippen LogP contribution in [0.4, 0.5) is 38.9 Å². The summed E-state index contributed by atoms with van der Waals surface area (Å²) in [6, 6.07) is 32.2. The molecule has 4 N–H and O–H groups in total. The fourth-order valence-corrected chi connectivity index (χ4v) is 9.08. The van der Waals surface area contributed by atoms with E-state index < -0.39 is 5.66 Å². The molecule has 0 spiro atoms. The number of amides is 2. The van der Waals surface area contributed by atoms with E-state index in [0.29, 0.717) is 24.7 Å². The number of urea groups is 1. The van der Waals surface area contributed by atoms with Crippen LogP contribution < -0.4 is 21.3 Å². The number of rotatable bonds is 13. The summed E-state index contributed by atoms with van der Waals surface area (Å²) in [5, 5.41) is 36.2. The number of nitrogens with one attached hydrogen (secondary N) is 4. The summed E-state index contributed by atoms with van der Waals surface area (Å²) in [6.45, 7) is 2.51. The summed E-state index contributed by atoms with van der Waals surface area (Å²) >= 11 is 1.90. The number of hydrogen-bond acceptors (Lipinski definition) is 10. The van der Waals surface area contributed by atoms with Crippen molar-refractivity contribution in [2.75, 3.05) is 23.0 Å². The molecule has 11 nitrogen and oxygen atoms in total. The predicted molar refractivity (Wildman–Crippen MR) is 212 cm³/mol. The van der Waals surface area contributed by atoms with Crippen molar-refractivity contribution in [1.29, 1.82) is 0 Å². The molecule has 53 heavy (non-hydrogen) atoms. The van der Waals surface area contributed by atoms with Crippen LogP contribution in [-0.4, -0.2) is 47.4 Å². The van der Waals surface area contributed by atoms with E-state index in [1.54, 1.807) is 0 Å². The largest absolute Gasteiger partial charge is 0.466 e. The average molecular weight is 727 g/mol. The Bertz CT molecular complexity index is 2200. The zero-order valence-electron chi connectivity index (χ0n) is 29.5. The number of carbonyl (C=O) groups is 2. The number of thioether (sulfide) groups is 1. The molecule has 0 saturated carbocycles. The van der Waals surface area contributed by atoms with Gasteiger partial charge in [0.1, 0.15) is 5.66 Å². The van der Waals surface area contributed by atoms with Crippen LogP contribution in [0.2, 0.25) is 0 Å². The number of carbonyl (C=O) groups excluding carboxylic acids is 2. The van der Waals surface area contributed by atoms with Gasteiger partial charge in [-0.1, -0.05) is 61.0 Å². The summed E-state index contributed by atoms with van der Waals surface area (Å²) in [4.78, 5) is 24.1. The first-order valence-electron chi connectivity index (χ1n) is 18.3. The van der Waals surface area contributed by atoms with Crippen LogP contribution in [0.25, 0.3) is 21.5 Å². The van der Waals surface area contributed by atoms with Crippen molar-refractivity contribution in [3.8, 4) is 0 Å². The van der Waals surface area contributed by atoms with E-state index in [-0.39, 0.29) is 24.1 Å². The fourth-order valence-electron chi connectivity index (χ4n) is 7.53. The van der Waals surface area contributed by atoms with E-state index in [2.05, 4.69) is 56.6 Å². The van der Waals surface area contributed by atoms with Gasteiger partial charge in [0, 0.05) is 50.3 Å². The average Bonchev–Trinajstić information content (AvgIpc) is 3.73. The number of unbranched alkanes of at least 4 members (excludes halogenated alkanes) is 1. The van der Waals surface area contributed by atoms with Gasteiger partial charge >= 0.3 is 12.0 Å². The van der Waals surface area contributed by atoms with Gasteiger partial charge in [0.15, 0.2) is 0 Å². The first-order valence-corrected chi connectivity index (χ1v) is 19.3. The lowest BCUT2D eigenvalue weighted by Gasteiger charge is -2.39. The number of hydrogen-bond donors (Lipinski definition) is 4. The quantitative estimate of drug-likeness (QED) is 0.0412. The van der Waals surface area contributed by atoms with Gasteiger partial charge in [0.25, 0.3) is 0 Å². The summed E-state index contributed by atoms with van der Waals surface area (Å²) < 4.78 is 5.60. The number of fused-ring (bicyclic) bond motifs is 2. The third kappa shape index (κ3) is 7.68. The second-order valence-corrected chi connectivity index (χ2v) is 15.3. The van der Waals surface area contributed by atoms with Crippen molar-refractivity contribution >= 4 is 79.4 Å². The number of azo groups is 2. The van der Waals surface area contributed by atoms with Crippen molar-refractivity contribution in [1.82, 2.24) is 10.6 Å². The number of anilines is 2. The normalized spacial score (nSPS) is 21.8. The van der Waals surface area contributed by atoms with E-state index in [1.165, 1.54) is 0 Å². The SMILES string of the molecule is CC1(CCCOC(=O)CCCC[C@H]2SC[C@H]3NC(=O)N[C@H]32)Nc2cccc3c(N=Nc4ccc(N=Nc5ccccc5)c5ccccc45)ccc(c23)N1. The lowest BCUT2D eigenvalue weighted by molar-refractivity contribution is -0.143. The maximum absolute atomic E-state index is 12.5. The molecule has 0 bridgehead atoms. The van der Waals surface area contributed by atoms with E-state index in [4.69, 9.17) is 15.0 Å². The highest BCUT2D eigenvalue weighted by Crippen LogP contribution is 2.43. The highest BCUT2D eigenvalue weighted by molar-refractivity contribution is 8.00. The standard InChI is InChI=1S/C41H42N8O3S/c1-41(23-10-24-52-37(50)18-8-7-17-36-39-35(25-53-36)42-40(51)43-39)44-33-16-9-15-29-32(21-22-34(45-41)38(29)33)49-48-31-20-19-30(27-13-5-6-14-28(27)31)47-46-26-11-3-2-4-12-26/h2-6,9,11-16,19-22,35-36,39,44-45H,7-8,10,17-18,23-25H2,1H3,(H2,42,43,51)/t35-,36-,39-,41?/m1/s1. The zero-order valence-corrected chi connectivity index (χ0v) is 30.4. The second-order valence-electron chi connectivity index (χ2n) is 14.0. The minimum absolute atomic E-state index is 0.0630. The van der Waals surface area contributed by atoms with Gasteiger partial charge in [-0.25, -0.2) is 4.79 Å². The molecule has 0 aliphatic carbocycles. The molecule has 2 saturated heterocycles. The number of nitrogens with zero attached hydrogens (tertiary/aromatic N) is 4. The molecule has 2 amide bonds. The molecule has 4 atom stereocenters. The zero-order chi connectivity index (χ0) is 36.2. The van der Waals surface area contributed by atoms with Crippen LogP contribution in [0.5, 0.6) is 0 Å². The third-order valence-electron chi connectivity index (χ3n) is 10.2. The number of ether oxygens (including phenoxy) is 1. The van der Waals surface area contributed by atoms with E-state index in [9.17, 15) is 9.59 Å². The van der Waals surface area contributed by atoms with Gasteiger partial charge in [0.2, 0.25) is 0 Å². The Morgan fingerprint density at radius 1 is 0.755 bits per heavy atom. The Labute approximate surface area is 312 Å². The summed E-state index contributed by atoms with van der Waals surface area (Å²) in [5.74, 6) is 0.799. The van der Waals surface area contributed by atoms with Crippen LogP contribution in [0.3, 0.4) is 0 Å². The maximum Gasteiger partial charge on any atom is 0.315 e. The topological polar surface area (TPSA) is 141 Å². The molecule has 3 aliphatic rings. The van der Waals surface area contributed by atoms with Crippen molar-refractivity contribution in [2.45, 2.75) is 68.4 Å². The number of esters is 1. The second kappa shape index (κ2) is 15.2. The van der Waals surface area contributed by atoms with Crippen molar-refractivity contribution in [2.24, 2.45) is 20.5 Å². The molecular formula is C41H42N8O3S. The highest BCUT2D eigenvalue weighted by atomic mass is 32.2. The molecule has 8 rings (SSSR count). The third-order valence-corrected chi connectivity index (χ3v) is 11.7. The van der Waals surface area contributed by atoms with Crippen LogP contribution in [0.15, 0.2) is 118 Å². The van der Waals surface area contributed by atoms with Crippen LogP contribution in [-0.2, 0) is 9.53 Å². The van der Waals surface area contributed by atoms with Crippen molar-refractivity contribution in [3.63, 3.8) is 0 Å². The molecule has 5 aromatic carbocycles. The molecule has 12 heteroatoms. The highest BCUT2D eigenvalue weighted by Gasteiger charge is 2.42. The molecule has 5 aromatic rings. The lowest BCUT2D eigenvalue weighted by Crippen LogP contribution is -2.45.